The lowest BCUT2D eigenvalue weighted by Gasteiger charge is -2.28. The van der Waals surface area contributed by atoms with Gasteiger partial charge in [0.05, 0.1) is 29.6 Å². The Labute approximate surface area is 185 Å². The topological polar surface area (TPSA) is 84.2 Å². The van der Waals surface area contributed by atoms with E-state index in [0.29, 0.717) is 36.2 Å². The molecule has 0 saturated carbocycles. The molecule has 1 atom stereocenters. The number of hydrogen-bond acceptors (Lipinski definition) is 7. The molecule has 8 nitrogen and oxygen atoms in total. The van der Waals surface area contributed by atoms with Crippen LogP contribution in [0.3, 0.4) is 0 Å². The normalized spacial score (nSPS) is 15.7. The lowest BCUT2D eigenvalue weighted by molar-refractivity contribution is -0.109. The third-order valence-corrected chi connectivity index (χ3v) is 5.76. The van der Waals surface area contributed by atoms with Gasteiger partial charge in [0.25, 0.3) is 0 Å². The van der Waals surface area contributed by atoms with Crippen LogP contribution < -0.4 is 9.80 Å². The molecule has 0 N–H and O–H groups in total. The number of halogens is 1. The first-order chi connectivity index (χ1) is 15.0. The number of fused-ring (bicyclic) bond motifs is 2. The average Bonchev–Trinajstić information content (AvgIpc) is 3.25. The second-order valence-electron chi connectivity index (χ2n) is 8.03. The van der Waals surface area contributed by atoms with E-state index in [1.54, 1.807) is 18.5 Å². The predicted molar refractivity (Wildman–Crippen MR) is 120 cm³/mol. The van der Waals surface area contributed by atoms with E-state index in [9.17, 15) is 9.59 Å². The number of aromatic nitrogens is 4. The van der Waals surface area contributed by atoms with E-state index in [2.05, 4.69) is 28.4 Å². The van der Waals surface area contributed by atoms with Crippen molar-refractivity contribution in [2.24, 2.45) is 5.92 Å². The molecule has 1 aliphatic heterocycles. The van der Waals surface area contributed by atoms with Crippen LogP contribution in [0.4, 0.5) is 11.4 Å². The van der Waals surface area contributed by atoms with Gasteiger partial charge in [0.1, 0.15) is 17.3 Å². The maximum atomic E-state index is 12.1. The maximum Gasteiger partial charge on any atom is 0.179 e. The van der Waals surface area contributed by atoms with Gasteiger partial charge in [0, 0.05) is 25.7 Å². The Morgan fingerprint density at radius 2 is 1.94 bits per heavy atom. The van der Waals surface area contributed by atoms with Crippen LogP contribution in [0.15, 0.2) is 30.6 Å². The molecule has 162 valence electrons. The van der Waals surface area contributed by atoms with Crippen molar-refractivity contribution >= 4 is 46.7 Å². The van der Waals surface area contributed by atoms with Crippen molar-refractivity contribution in [3.05, 3.63) is 41.6 Å². The number of imidazole rings is 1. The number of hydrogen-bond donors (Lipinski definition) is 0. The van der Waals surface area contributed by atoms with Crippen LogP contribution >= 0.6 is 11.6 Å². The summed E-state index contributed by atoms with van der Waals surface area (Å²) in [6, 6.07) is 5.58. The summed E-state index contributed by atoms with van der Waals surface area (Å²) < 4.78 is 2.16. The largest absolute Gasteiger partial charge is 0.343 e. The van der Waals surface area contributed by atoms with Gasteiger partial charge >= 0.3 is 0 Å². The van der Waals surface area contributed by atoms with Gasteiger partial charge in [-0.15, -0.1) is 0 Å². The van der Waals surface area contributed by atoms with Crippen LogP contribution in [0, 0.1) is 5.92 Å². The monoisotopic (exact) mass is 440 g/mol. The van der Waals surface area contributed by atoms with Crippen molar-refractivity contribution in [1.29, 1.82) is 0 Å². The number of carbonyl (C=O) groups excluding carboxylic acids is 2. The summed E-state index contributed by atoms with van der Waals surface area (Å²) in [6.45, 7) is 6.03. The maximum absolute atomic E-state index is 12.1. The third kappa shape index (κ3) is 4.12. The number of nitrogens with zero attached hydrogens (tertiary/aromatic N) is 6. The van der Waals surface area contributed by atoms with Gasteiger partial charge in [-0.3, -0.25) is 9.78 Å². The van der Waals surface area contributed by atoms with Crippen LogP contribution in [-0.4, -0.2) is 44.8 Å². The number of carbonyl (C=O) groups is 2. The third-order valence-electron chi connectivity index (χ3n) is 5.54. The second-order valence-corrected chi connectivity index (χ2v) is 8.42. The molecule has 0 bridgehead atoms. The minimum absolute atomic E-state index is 0.343. The van der Waals surface area contributed by atoms with Crippen LogP contribution in [0.1, 0.15) is 32.5 Å². The fourth-order valence-corrected chi connectivity index (χ4v) is 4.15. The molecule has 0 saturated heterocycles. The molecule has 9 heteroatoms. The van der Waals surface area contributed by atoms with E-state index in [4.69, 9.17) is 16.6 Å². The fraction of sp³-hybridized carbons (Fsp3) is 0.409. The van der Waals surface area contributed by atoms with Gasteiger partial charge in [-0.1, -0.05) is 25.4 Å². The highest BCUT2D eigenvalue weighted by Gasteiger charge is 2.36. The smallest absolute Gasteiger partial charge is 0.179 e. The van der Waals surface area contributed by atoms with E-state index in [1.807, 2.05) is 21.9 Å². The van der Waals surface area contributed by atoms with Crippen LogP contribution in [-0.2, 0) is 22.7 Å². The van der Waals surface area contributed by atoms with Crippen LogP contribution in [0.25, 0.3) is 11.2 Å². The SMILES string of the molecule is CC(C)CCn1c(CN2c3cnccc3N(CCC=O)C2C=O)nc2nc(Cl)ccc21. The van der Waals surface area contributed by atoms with Crippen molar-refractivity contribution in [1.82, 2.24) is 19.5 Å². The molecule has 4 rings (SSSR count). The van der Waals surface area contributed by atoms with Gasteiger partial charge in [-0.25, -0.2) is 9.97 Å². The first-order valence-electron chi connectivity index (χ1n) is 10.4. The lowest BCUT2D eigenvalue weighted by atomic mass is 10.1. The first-order valence-corrected chi connectivity index (χ1v) is 10.8. The highest BCUT2D eigenvalue weighted by atomic mass is 35.5. The molecule has 0 fully saturated rings. The van der Waals surface area contributed by atoms with Crippen LogP contribution in [0.5, 0.6) is 0 Å². The quantitative estimate of drug-likeness (QED) is 0.372. The van der Waals surface area contributed by atoms with Gasteiger partial charge in [-0.05, 0) is 30.5 Å². The van der Waals surface area contributed by atoms with E-state index in [1.165, 1.54) is 0 Å². The Hall–Kier alpha value is -3.00. The Bertz CT molecular complexity index is 1100. The fourth-order valence-electron chi connectivity index (χ4n) is 4.01. The zero-order valence-electron chi connectivity index (χ0n) is 17.6. The van der Waals surface area contributed by atoms with Gasteiger partial charge in [0.15, 0.2) is 18.1 Å². The summed E-state index contributed by atoms with van der Waals surface area (Å²) in [5.74, 6) is 1.34. The summed E-state index contributed by atoms with van der Waals surface area (Å²) in [5.41, 5.74) is 3.25. The minimum atomic E-state index is -0.533. The van der Waals surface area contributed by atoms with Gasteiger partial charge in [-0.2, -0.15) is 0 Å². The zero-order chi connectivity index (χ0) is 22.0. The highest BCUT2D eigenvalue weighted by molar-refractivity contribution is 6.29. The highest BCUT2D eigenvalue weighted by Crippen LogP contribution is 2.39. The molecule has 3 aromatic heterocycles. The Morgan fingerprint density at radius 3 is 2.68 bits per heavy atom. The molecule has 0 spiro atoms. The molecule has 3 aromatic rings. The van der Waals surface area contributed by atoms with Gasteiger partial charge < -0.3 is 19.2 Å². The number of anilines is 2. The predicted octanol–water partition coefficient (Wildman–Crippen LogP) is 3.47. The zero-order valence-corrected chi connectivity index (χ0v) is 18.4. The van der Waals surface area contributed by atoms with Crippen molar-refractivity contribution in [3.8, 4) is 0 Å². The summed E-state index contributed by atoms with van der Waals surface area (Å²) in [4.78, 5) is 40.4. The van der Waals surface area contributed by atoms with E-state index < -0.39 is 6.17 Å². The molecule has 1 unspecified atom stereocenters. The molecule has 1 aliphatic rings. The van der Waals surface area contributed by atoms with E-state index >= 15 is 0 Å². The summed E-state index contributed by atoms with van der Waals surface area (Å²) in [5, 5.41) is 0.397. The molecule has 0 radical (unpaired) electrons. The van der Waals surface area contributed by atoms with E-state index in [-0.39, 0.29) is 0 Å². The molecule has 0 aromatic carbocycles. The molecule has 0 aliphatic carbocycles. The molecule has 31 heavy (non-hydrogen) atoms. The van der Waals surface area contributed by atoms with E-state index in [0.717, 1.165) is 48.3 Å². The Balaban J connectivity index is 1.74. The molecular formula is C22H25ClN6O2. The summed E-state index contributed by atoms with van der Waals surface area (Å²) in [6.07, 6.45) is 6.02. The standard InChI is InChI=1S/C22H25ClN6O2/c1-15(2)7-10-27-17-4-5-19(23)25-22(17)26-20(27)13-29-18-12-24-8-6-16(18)28(9-3-11-30)21(29)14-31/h4-6,8,11-12,14-15,21H,3,7,9-10,13H2,1-2H3. The van der Waals surface area contributed by atoms with Crippen molar-refractivity contribution < 1.29 is 9.59 Å². The molecular weight excluding hydrogens is 416 g/mol. The lowest BCUT2D eigenvalue weighted by Crippen LogP contribution is -2.45. The van der Waals surface area contributed by atoms with Crippen molar-refractivity contribution in [2.45, 2.75) is 45.9 Å². The number of aldehydes is 2. The minimum Gasteiger partial charge on any atom is -0.343 e. The summed E-state index contributed by atoms with van der Waals surface area (Å²) >= 11 is 6.10. The number of pyridine rings is 2. The van der Waals surface area contributed by atoms with Crippen LogP contribution in [0.2, 0.25) is 5.15 Å². The average molecular weight is 441 g/mol. The molecule has 4 heterocycles. The van der Waals surface area contributed by atoms with Crippen molar-refractivity contribution in [3.63, 3.8) is 0 Å². The first kappa shape index (κ1) is 21.2. The van der Waals surface area contributed by atoms with Crippen molar-refractivity contribution in [2.75, 3.05) is 16.3 Å². The second kappa shape index (κ2) is 9.01. The Kier molecular flexibility index (Phi) is 6.18. The summed E-state index contributed by atoms with van der Waals surface area (Å²) in [7, 11) is 0. The Morgan fingerprint density at radius 1 is 1.10 bits per heavy atom. The number of aryl methyl sites for hydroxylation is 1. The molecule has 0 amide bonds. The van der Waals surface area contributed by atoms with Gasteiger partial charge in [0.2, 0.25) is 0 Å². The number of rotatable bonds is 9.